The average molecular weight is 300 g/mol. The molecule has 2 N–H and O–H groups in total. The van der Waals surface area contributed by atoms with Gasteiger partial charge in [0.2, 0.25) is 5.91 Å². The van der Waals surface area contributed by atoms with E-state index in [0.717, 1.165) is 24.2 Å². The lowest BCUT2D eigenvalue weighted by Crippen LogP contribution is -2.43. The number of nitrogens with one attached hydrogen (secondary N) is 1. The van der Waals surface area contributed by atoms with Crippen molar-refractivity contribution in [2.24, 2.45) is 0 Å². The minimum absolute atomic E-state index is 0.299. The van der Waals surface area contributed by atoms with Crippen LogP contribution in [-0.2, 0) is 25.7 Å². The number of hydrogen-bond donors (Lipinski definition) is 2. The first-order valence-corrected chi connectivity index (χ1v) is 5.59. The number of aromatic nitrogens is 2. The molecule has 0 aliphatic heterocycles. The minimum Gasteiger partial charge on any atom is -0.480 e. The van der Waals surface area contributed by atoms with Gasteiger partial charge in [-0.2, -0.15) is 5.10 Å². The fourth-order valence-corrected chi connectivity index (χ4v) is 1.37. The Morgan fingerprint density at radius 3 is 2.71 bits per heavy atom. The van der Waals surface area contributed by atoms with Gasteiger partial charge in [-0.15, -0.1) is 0 Å². The number of nitrogens with zero attached hydrogens (tertiary/aromatic N) is 3. The molecule has 11 nitrogen and oxygen atoms in total. The van der Waals surface area contributed by atoms with Crippen molar-refractivity contribution in [3.05, 3.63) is 22.5 Å². The molecule has 0 fully saturated rings. The van der Waals surface area contributed by atoms with Crippen LogP contribution in [0.15, 0.2) is 12.4 Å². The van der Waals surface area contributed by atoms with E-state index in [-0.39, 0.29) is 5.69 Å². The normalized spacial score (nSPS) is 11.5. The largest absolute Gasteiger partial charge is 0.480 e. The summed E-state index contributed by atoms with van der Waals surface area (Å²) in [6.45, 7) is -0.418. The number of carboxylic acids is 1. The van der Waals surface area contributed by atoms with Gasteiger partial charge in [0.1, 0.15) is 25.0 Å². The smallest absolute Gasteiger partial charge is 0.326 e. The number of nitro groups is 1. The monoisotopic (exact) mass is 300 g/mol. The van der Waals surface area contributed by atoms with E-state index in [4.69, 9.17) is 5.11 Å². The number of hydrogen-bond acceptors (Lipinski definition) is 7. The Balaban J connectivity index is 2.62. The van der Waals surface area contributed by atoms with E-state index in [0.29, 0.717) is 0 Å². The van der Waals surface area contributed by atoms with Crippen LogP contribution in [0.3, 0.4) is 0 Å². The van der Waals surface area contributed by atoms with Gasteiger partial charge >= 0.3 is 17.6 Å². The lowest BCUT2D eigenvalue weighted by atomic mass is 10.2. The number of carboxylic acid groups (broad SMARTS) is 1. The second-order valence-electron chi connectivity index (χ2n) is 3.89. The van der Waals surface area contributed by atoms with Crippen molar-refractivity contribution in [3.63, 3.8) is 0 Å². The summed E-state index contributed by atoms with van der Waals surface area (Å²) in [5, 5.41) is 25.0. The Kier molecular flexibility index (Phi) is 5.34. The van der Waals surface area contributed by atoms with Gasteiger partial charge in [-0.1, -0.05) is 0 Å². The highest BCUT2D eigenvalue weighted by Crippen LogP contribution is 2.07. The number of rotatable bonds is 7. The molecule has 1 atom stereocenters. The molecule has 0 aliphatic rings. The molecule has 0 saturated carbocycles. The van der Waals surface area contributed by atoms with Gasteiger partial charge in [0.15, 0.2) is 0 Å². The predicted octanol–water partition coefficient (Wildman–Crippen LogP) is -1.08. The van der Waals surface area contributed by atoms with Crippen molar-refractivity contribution in [1.82, 2.24) is 15.1 Å². The zero-order chi connectivity index (χ0) is 16.0. The molecule has 0 aromatic carbocycles. The van der Waals surface area contributed by atoms with Crippen LogP contribution in [-0.4, -0.2) is 50.8 Å². The third-order valence-corrected chi connectivity index (χ3v) is 2.37. The van der Waals surface area contributed by atoms with Gasteiger partial charge in [0.25, 0.3) is 0 Å². The lowest BCUT2D eigenvalue weighted by molar-refractivity contribution is -0.385. The number of esters is 1. The van der Waals surface area contributed by atoms with E-state index in [9.17, 15) is 24.5 Å². The van der Waals surface area contributed by atoms with E-state index in [1.165, 1.54) is 0 Å². The van der Waals surface area contributed by atoms with Crippen LogP contribution in [0.4, 0.5) is 5.69 Å². The molecule has 0 unspecified atom stereocenters. The van der Waals surface area contributed by atoms with E-state index in [2.05, 4.69) is 15.2 Å². The fourth-order valence-electron chi connectivity index (χ4n) is 1.37. The molecule has 1 aromatic rings. The zero-order valence-corrected chi connectivity index (χ0v) is 10.9. The van der Waals surface area contributed by atoms with Crippen molar-refractivity contribution >= 4 is 23.5 Å². The fraction of sp³-hybridized carbons (Fsp3) is 0.400. The second kappa shape index (κ2) is 6.98. The first-order valence-electron chi connectivity index (χ1n) is 5.59. The van der Waals surface area contributed by atoms with Crippen LogP contribution in [0.5, 0.6) is 0 Å². The summed E-state index contributed by atoms with van der Waals surface area (Å²) >= 11 is 0. The molecular weight excluding hydrogens is 288 g/mol. The molecule has 0 bridgehead atoms. The van der Waals surface area contributed by atoms with Crippen LogP contribution in [0.1, 0.15) is 6.42 Å². The summed E-state index contributed by atoms with van der Waals surface area (Å²) in [5.41, 5.74) is -0.299. The molecular formula is C10H12N4O7. The van der Waals surface area contributed by atoms with Gasteiger partial charge in [-0.3, -0.25) is 24.4 Å². The molecule has 11 heteroatoms. The summed E-state index contributed by atoms with van der Waals surface area (Å²) in [5.74, 6) is -2.96. The summed E-state index contributed by atoms with van der Waals surface area (Å²) in [6.07, 6.45) is 1.45. The van der Waals surface area contributed by atoms with Gasteiger partial charge in [-0.05, 0) is 0 Å². The number of methoxy groups -OCH3 is 1. The maximum atomic E-state index is 11.6. The summed E-state index contributed by atoms with van der Waals surface area (Å²) < 4.78 is 5.29. The zero-order valence-electron chi connectivity index (χ0n) is 10.9. The number of amides is 1. The van der Waals surface area contributed by atoms with Crippen molar-refractivity contribution in [3.8, 4) is 0 Å². The Labute approximate surface area is 117 Å². The standard InChI is InChI=1S/C10H12N4O7/c1-21-9(16)2-7(10(17)18)12-8(15)5-13-4-6(3-11-13)14(19)20/h3-4,7H,2,5H2,1H3,(H,12,15)(H,17,18)/t7-/m0/s1. The van der Waals surface area contributed by atoms with Crippen LogP contribution in [0.2, 0.25) is 0 Å². The van der Waals surface area contributed by atoms with E-state index >= 15 is 0 Å². The van der Waals surface area contributed by atoms with E-state index < -0.39 is 41.8 Å². The Morgan fingerprint density at radius 2 is 2.24 bits per heavy atom. The molecule has 0 spiro atoms. The minimum atomic E-state index is -1.45. The molecule has 21 heavy (non-hydrogen) atoms. The summed E-state index contributed by atoms with van der Waals surface area (Å²) in [4.78, 5) is 43.3. The van der Waals surface area contributed by atoms with Gasteiger partial charge in [0, 0.05) is 0 Å². The molecule has 1 heterocycles. The predicted molar refractivity (Wildman–Crippen MR) is 65.1 cm³/mol. The Bertz CT molecular complexity index is 568. The first-order chi connectivity index (χ1) is 9.83. The molecule has 1 rings (SSSR count). The van der Waals surface area contributed by atoms with Crippen molar-refractivity contribution in [2.45, 2.75) is 19.0 Å². The topological polar surface area (TPSA) is 154 Å². The number of carbonyl (C=O) groups is 3. The molecule has 114 valence electrons. The number of ether oxygens (including phenoxy) is 1. The molecule has 0 radical (unpaired) electrons. The van der Waals surface area contributed by atoms with Crippen LogP contribution in [0, 0.1) is 10.1 Å². The van der Waals surface area contributed by atoms with Crippen LogP contribution >= 0.6 is 0 Å². The van der Waals surface area contributed by atoms with Crippen LogP contribution < -0.4 is 5.32 Å². The number of carbonyl (C=O) groups excluding carboxylic acids is 2. The van der Waals surface area contributed by atoms with Crippen molar-refractivity contribution < 1.29 is 29.2 Å². The highest BCUT2D eigenvalue weighted by atomic mass is 16.6. The Hall–Kier alpha value is -2.98. The SMILES string of the molecule is COC(=O)C[C@H](NC(=O)Cn1cc([N+](=O)[O-])cn1)C(=O)O. The average Bonchev–Trinajstić information content (AvgIpc) is 2.86. The molecule has 1 aromatic heterocycles. The third-order valence-electron chi connectivity index (χ3n) is 2.37. The maximum Gasteiger partial charge on any atom is 0.326 e. The summed E-state index contributed by atoms with van der Waals surface area (Å²) in [6, 6.07) is -1.45. The van der Waals surface area contributed by atoms with E-state index in [1.807, 2.05) is 0 Å². The highest BCUT2D eigenvalue weighted by Gasteiger charge is 2.24. The van der Waals surface area contributed by atoms with Gasteiger partial charge < -0.3 is 15.2 Å². The molecule has 0 aliphatic carbocycles. The molecule has 0 saturated heterocycles. The highest BCUT2D eigenvalue weighted by molar-refractivity contribution is 5.87. The second-order valence-corrected chi connectivity index (χ2v) is 3.89. The quantitative estimate of drug-likeness (QED) is 0.366. The van der Waals surface area contributed by atoms with Gasteiger partial charge in [-0.25, -0.2) is 4.79 Å². The lowest BCUT2D eigenvalue weighted by Gasteiger charge is -2.13. The van der Waals surface area contributed by atoms with Gasteiger partial charge in [0.05, 0.1) is 18.5 Å². The third kappa shape index (κ3) is 4.89. The van der Waals surface area contributed by atoms with Crippen molar-refractivity contribution in [2.75, 3.05) is 7.11 Å². The van der Waals surface area contributed by atoms with E-state index in [1.54, 1.807) is 0 Å². The van der Waals surface area contributed by atoms with Crippen LogP contribution in [0.25, 0.3) is 0 Å². The molecule has 1 amide bonds. The maximum absolute atomic E-state index is 11.6. The first kappa shape index (κ1) is 16.1. The summed E-state index contributed by atoms with van der Waals surface area (Å²) in [7, 11) is 1.09. The van der Waals surface area contributed by atoms with Crippen molar-refractivity contribution in [1.29, 1.82) is 0 Å². The Morgan fingerprint density at radius 1 is 1.57 bits per heavy atom. The number of aliphatic carboxylic acids is 1.